The number of ether oxygens (including phenoxy) is 2. The Morgan fingerprint density at radius 2 is 2.00 bits per heavy atom. The number of fused-ring (bicyclic) bond motifs is 1. The van der Waals surface area contributed by atoms with Gasteiger partial charge in [0, 0.05) is 12.0 Å². The van der Waals surface area contributed by atoms with Crippen molar-refractivity contribution >= 4 is 0 Å². The van der Waals surface area contributed by atoms with Crippen LogP contribution >= 0.6 is 0 Å². The number of benzene rings is 2. The summed E-state index contributed by atoms with van der Waals surface area (Å²) in [7, 11) is 1.59. The zero-order valence-electron chi connectivity index (χ0n) is 16.8. The number of rotatable bonds is 8. The molecular weight excluding hydrogens is 357 g/mol. The first kappa shape index (κ1) is 20.8. The summed E-state index contributed by atoms with van der Waals surface area (Å²) in [5, 5.41) is 10.4. The van der Waals surface area contributed by atoms with Crippen LogP contribution in [0.5, 0.6) is 5.75 Å². The Bertz CT molecular complexity index is 808. The minimum Gasteiger partial charge on any atom is -0.496 e. The maximum Gasteiger partial charge on any atom is 0.155 e. The molecule has 152 valence electrons. The van der Waals surface area contributed by atoms with E-state index in [1.54, 1.807) is 13.2 Å². The molecule has 3 rings (SSSR count). The first-order valence-electron chi connectivity index (χ1n) is 9.83. The summed E-state index contributed by atoms with van der Waals surface area (Å²) < 4.78 is 24.9. The lowest BCUT2D eigenvalue weighted by Gasteiger charge is -2.28. The van der Waals surface area contributed by atoms with Gasteiger partial charge in [0.2, 0.25) is 0 Å². The molecule has 1 aliphatic rings. The smallest absolute Gasteiger partial charge is 0.155 e. The number of hydrogen-bond donors (Lipinski definition) is 2. The van der Waals surface area contributed by atoms with Crippen LogP contribution in [0.1, 0.15) is 55.8 Å². The molecule has 28 heavy (non-hydrogen) atoms. The molecule has 0 bridgehead atoms. The van der Waals surface area contributed by atoms with Crippen LogP contribution in [-0.4, -0.2) is 24.6 Å². The van der Waals surface area contributed by atoms with Gasteiger partial charge in [-0.3, -0.25) is 0 Å². The van der Waals surface area contributed by atoms with Gasteiger partial charge in [-0.15, -0.1) is 0 Å². The summed E-state index contributed by atoms with van der Waals surface area (Å²) in [4.78, 5) is 0. The molecule has 2 aromatic carbocycles. The minimum absolute atomic E-state index is 0.205. The van der Waals surface area contributed by atoms with Crippen LogP contribution in [0, 0.1) is 5.82 Å². The summed E-state index contributed by atoms with van der Waals surface area (Å²) >= 11 is 0. The summed E-state index contributed by atoms with van der Waals surface area (Å²) in [6.07, 6.45) is 1.66. The van der Waals surface area contributed by atoms with E-state index < -0.39 is 6.29 Å². The Balaban J connectivity index is 1.53. The minimum atomic E-state index is -0.865. The van der Waals surface area contributed by atoms with Crippen molar-refractivity contribution in [2.75, 3.05) is 7.11 Å². The van der Waals surface area contributed by atoms with Gasteiger partial charge in [0.15, 0.2) is 6.29 Å². The fraction of sp³-hybridized carbons (Fsp3) is 0.478. The topological polar surface area (TPSA) is 64.7 Å². The van der Waals surface area contributed by atoms with Gasteiger partial charge in [-0.05, 0) is 54.0 Å². The quantitative estimate of drug-likeness (QED) is 0.665. The molecule has 3 atom stereocenters. The number of nitrogens with two attached hydrogens (primary N) is 1. The number of aliphatic hydroxyl groups excluding tert-OH is 1. The molecule has 1 unspecified atom stereocenters. The lowest BCUT2D eigenvalue weighted by Crippen LogP contribution is -2.30. The molecule has 0 spiro atoms. The summed E-state index contributed by atoms with van der Waals surface area (Å²) in [5.41, 5.74) is 9.10. The van der Waals surface area contributed by atoms with Crippen molar-refractivity contribution in [3.8, 4) is 5.75 Å². The van der Waals surface area contributed by atoms with E-state index in [2.05, 4.69) is 19.9 Å². The van der Waals surface area contributed by atoms with Gasteiger partial charge in [0.25, 0.3) is 0 Å². The molecule has 0 aliphatic heterocycles. The van der Waals surface area contributed by atoms with E-state index in [1.807, 2.05) is 18.2 Å². The SMILES string of the molecule is COc1ccc(F)cc1C(C)(C)CCCC(O)O[C@@H]1Cc2ccccc2[C@@H]1N. The Hall–Kier alpha value is -1.95. The molecule has 2 aromatic rings. The van der Waals surface area contributed by atoms with E-state index in [-0.39, 0.29) is 23.4 Å². The number of hydrogen-bond acceptors (Lipinski definition) is 4. The molecule has 0 aromatic heterocycles. The molecule has 0 radical (unpaired) electrons. The predicted molar refractivity (Wildman–Crippen MR) is 108 cm³/mol. The van der Waals surface area contributed by atoms with Gasteiger partial charge in [-0.25, -0.2) is 4.39 Å². The van der Waals surface area contributed by atoms with Crippen molar-refractivity contribution in [1.82, 2.24) is 0 Å². The molecule has 1 aliphatic carbocycles. The van der Waals surface area contributed by atoms with Crippen LogP contribution in [0.3, 0.4) is 0 Å². The third-order valence-corrected chi connectivity index (χ3v) is 5.71. The highest BCUT2D eigenvalue weighted by Crippen LogP contribution is 2.37. The third-order valence-electron chi connectivity index (χ3n) is 5.71. The lowest BCUT2D eigenvalue weighted by atomic mass is 9.79. The van der Waals surface area contributed by atoms with E-state index in [0.717, 1.165) is 30.4 Å². The summed E-state index contributed by atoms with van der Waals surface area (Å²) in [6, 6.07) is 12.4. The zero-order chi connectivity index (χ0) is 20.3. The van der Waals surface area contributed by atoms with Crippen molar-refractivity contribution in [3.05, 3.63) is 65.0 Å². The average molecular weight is 387 g/mol. The van der Waals surface area contributed by atoms with Gasteiger partial charge in [-0.2, -0.15) is 0 Å². The summed E-state index contributed by atoms with van der Waals surface area (Å²) in [5.74, 6) is 0.403. The van der Waals surface area contributed by atoms with Gasteiger partial charge < -0.3 is 20.3 Å². The highest BCUT2D eigenvalue weighted by molar-refractivity contribution is 5.39. The predicted octanol–water partition coefficient (Wildman–Crippen LogP) is 4.24. The van der Waals surface area contributed by atoms with Crippen LogP contribution in [0.2, 0.25) is 0 Å². The number of methoxy groups -OCH3 is 1. The molecule has 3 N–H and O–H groups in total. The van der Waals surface area contributed by atoms with Gasteiger partial charge in [-0.1, -0.05) is 38.1 Å². The van der Waals surface area contributed by atoms with Crippen molar-refractivity contribution in [1.29, 1.82) is 0 Å². The average Bonchev–Trinajstić information content (AvgIpc) is 2.97. The maximum absolute atomic E-state index is 13.7. The summed E-state index contributed by atoms with van der Waals surface area (Å²) in [6.45, 7) is 4.11. The van der Waals surface area contributed by atoms with Crippen LogP contribution in [-0.2, 0) is 16.6 Å². The molecule has 0 heterocycles. The molecule has 0 saturated carbocycles. The fourth-order valence-corrected chi connectivity index (χ4v) is 4.05. The van der Waals surface area contributed by atoms with Crippen LogP contribution < -0.4 is 10.5 Å². The largest absolute Gasteiger partial charge is 0.496 e. The molecule has 0 amide bonds. The Morgan fingerprint density at radius 1 is 1.25 bits per heavy atom. The molecular formula is C23H30FNO3. The van der Waals surface area contributed by atoms with Crippen LogP contribution in [0.4, 0.5) is 4.39 Å². The van der Waals surface area contributed by atoms with Gasteiger partial charge in [0.05, 0.1) is 19.3 Å². The second kappa shape index (κ2) is 8.60. The van der Waals surface area contributed by atoms with Gasteiger partial charge in [0.1, 0.15) is 11.6 Å². The van der Waals surface area contributed by atoms with E-state index in [0.29, 0.717) is 12.2 Å². The van der Waals surface area contributed by atoms with E-state index in [1.165, 1.54) is 17.7 Å². The molecule has 0 fully saturated rings. The highest BCUT2D eigenvalue weighted by Gasteiger charge is 2.32. The molecule has 0 saturated heterocycles. The third kappa shape index (κ3) is 4.54. The van der Waals surface area contributed by atoms with Crippen LogP contribution in [0.25, 0.3) is 0 Å². The number of halogens is 1. The van der Waals surface area contributed by atoms with E-state index in [9.17, 15) is 9.50 Å². The van der Waals surface area contributed by atoms with E-state index >= 15 is 0 Å². The Labute approximate surface area is 166 Å². The highest BCUT2D eigenvalue weighted by atomic mass is 19.1. The van der Waals surface area contributed by atoms with Crippen molar-refractivity contribution in [2.45, 2.75) is 63.4 Å². The fourth-order valence-electron chi connectivity index (χ4n) is 4.05. The zero-order valence-corrected chi connectivity index (χ0v) is 16.8. The molecule has 4 nitrogen and oxygen atoms in total. The Kier molecular flexibility index (Phi) is 6.38. The van der Waals surface area contributed by atoms with Crippen molar-refractivity contribution in [2.24, 2.45) is 5.73 Å². The second-order valence-corrected chi connectivity index (χ2v) is 8.18. The standard InChI is InChI=1S/C23H30FNO3/c1-23(2,18-14-16(24)10-11-19(18)27-3)12-6-9-21(26)28-20-13-15-7-4-5-8-17(15)22(20)25/h4-5,7-8,10-11,14,20-22,26H,6,9,12-13,25H2,1-3H3/t20-,21?,22+/m1/s1. The lowest BCUT2D eigenvalue weighted by molar-refractivity contribution is -0.143. The normalized spacial score (nSPS) is 20.1. The first-order valence-corrected chi connectivity index (χ1v) is 9.83. The monoisotopic (exact) mass is 387 g/mol. The van der Waals surface area contributed by atoms with E-state index in [4.69, 9.17) is 15.2 Å². The maximum atomic E-state index is 13.7. The second-order valence-electron chi connectivity index (χ2n) is 8.18. The van der Waals surface area contributed by atoms with Gasteiger partial charge >= 0.3 is 0 Å². The van der Waals surface area contributed by atoms with Crippen molar-refractivity contribution in [3.63, 3.8) is 0 Å². The molecule has 5 heteroatoms. The van der Waals surface area contributed by atoms with Crippen LogP contribution in [0.15, 0.2) is 42.5 Å². The Morgan fingerprint density at radius 3 is 2.71 bits per heavy atom. The first-order chi connectivity index (χ1) is 13.3. The number of aliphatic hydroxyl groups is 1. The van der Waals surface area contributed by atoms with Crippen molar-refractivity contribution < 1.29 is 19.0 Å².